The van der Waals surface area contributed by atoms with Gasteiger partial charge in [-0.1, -0.05) is 135 Å². The molecule has 7 rings (SSSR count). The summed E-state index contributed by atoms with van der Waals surface area (Å²) in [4.78, 5) is 0. The Morgan fingerprint density at radius 3 is 1.68 bits per heavy atom. The number of fused-ring (bicyclic) bond motifs is 9. The van der Waals surface area contributed by atoms with E-state index in [4.69, 9.17) is 0 Å². The van der Waals surface area contributed by atoms with Crippen molar-refractivity contribution in [3.05, 3.63) is 108 Å². The fourth-order valence-electron chi connectivity index (χ4n) is 5.84. The molecule has 0 atom stereocenters. The zero-order valence-corrected chi connectivity index (χ0v) is 24.4. The minimum absolute atomic E-state index is 0.0352. The number of benzene rings is 6. The van der Waals surface area contributed by atoms with Crippen LogP contribution in [0.1, 0.15) is 72.9 Å². The van der Waals surface area contributed by atoms with E-state index in [1.54, 1.807) is 0 Å². The monoisotopic (exact) mass is 498 g/mol. The van der Waals surface area contributed by atoms with Gasteiger partial charge < -0.3 is 0 Å². The van der Waals surface area contributed by atoms with Crippen molar-refractivity contribution in [1.82, 2.24) is 0 Å². The molecule has 0 nitrogen and oxygen atoms in total. The van der Waals surface area contributed by atoms with E-state index in [-0.39, 0.29) is 5.41 Å². The van der Waals surface area contributed by atoms with Crippen molar-refractivity contribution in [3.8, 4) is 11.1 Å². The molecule has 0 saturated heterocycles. The molecule has 0 heteroatoms. The Labute approximate surface area is 229 Å². The summed E-state index contributed by atoms with van der Waals surface area (Å²) in [7, 11) is 0. The van der Waals surface area contributed by atoms with Crippen LogP contribution in [0.2, 0.25) is 0 Å². The van der Waals surface area contributed by atoms with Crippen LogP contribution in [-0.4, -0.2) is 0 Å². The highest BCUT2D eigenvalue weighted by Gasteiger charge is 2.37. The van der Waals surface area contributed by atoms with E-state index in [9.17, 15) is 0 Å². The van der Waals surface area contributed by atoms with Crippen LogP contribution < -0.4 is 0 Å². The van der Waals surface area contributed by atoms with Gasteiger partial charge in [0.1, 0.15) is 0 Å². The molecule has 1 aliphatic carbocycles. The van der Waals surface area contributed by atoms with Gasteiger partial charge in [-0.15, -0.1) is 0 Å². The molecule has 38 heavy (non-hydrogen) atoms. The van der Waals surface area contributed by atoms with Gasteiger partial charge in [-0.3, -0.25) is 0 Å². The zero-order valence-electron chi connectivity index (χ0n) is 24.4. The molecule has 1 aliphatic rings. The second kappa shape index (κ2) is 11.4. The Morgan fingerprint density at radius 2 is 1.00 bits per heavy atom. The van der Waals surface area contributed by atoms with Gasteiger partial charge in [-0.2, -0.15) is 0 Å². The smallest absolute Gasteiger partial charge is 0.0165 e. The predicted molar refractivity (Wildman–Crippen MR) is 173 cm³/mol. The molecular weight excluding hydrogens is 456 g/mol. The third-order valence-corrected chi connectivity index (χ3v) is 7.36. The minimum Gasteiger partial charge on any atom is -0.0683 e. The third kappa shape index (κ3) is 4.47. The van der Waals surface area contributed by atoms with Gasteiger partial charge in [0.25, 0.3) is 0 Å². The quantitative estimate of drug-likeness (QED) is 0.144. The van der Waals surface area contributed by atoms with Crippen LogP contribution in [0.3, 0.4) is 0 Å². The van der Waals surface area contributed by atoms with Gasteiger partial charge >= 0.3 is 0 Å². The molecule has 0 N–H and O–H groups in total. The molecule has 0 saturated carbocycles. The average molecular weight is 499 g/mol. The number of hydrogen-bond acceptors (Lipinski definition) is 0. The Bertz CT molecular complexity index is 1720. The summed E-state index contributed by atoms with van der Waals surface area (Å²) in [5.74, 6) is 0. The van der Waals surface area contributed by atoms with E-state index in [0.717, 1.165) is 0 Å². The summed E-state index contributed by atoms with van der Waals surface area (Å²) in [6, 6.07) is 36.2. The molecular formula is C38H42. The van der Waals surface area contributed by atoms with Crippen molar-refractivity contribution < 1.29 is 0 Å². The Balaban J connectivity index is 0.000000443. The number of hydrogen-bond donors (Lipinski definition) is 0. The first kappa shape index (κ1) is 27.4. The molecule has 0 radical (unpaired) electrons. The lowest BCUT2D eigenvalue weighted by atomic mass is 9.79. The van der Waals surface area contributed by atoms with E-state index in [2.05, 4.69) is 125 Å². The van der Waals surface area contributed by atoms with Crippen LogP contribution in [0.5, 0.6) is 0 Å². The molecule has 0 unspecified atom stereocenters. The van der Waals surface area contributed by atoms with Gasteiger partial charge in [0, 0.05) is 5.41 Å². The standard InChI is InChI=1S/C31H22.C3H8.2C2H6/c1-31(2)29-17-23-12-11-19-7-5-6-10-24(19)26(23)18-28(29)25-14-13-22-15-20-8-3-4-9-21(20)16-27(22)30(25)31;1-3-2;2*1-2/h3-18H,1-2H3;3H2,1-2H3;2*1-2H3. The maximum atomic E-state index is 2.44. The molecule has 0 bridgehead atoms. The SMILES string of the molecule is CC.CC.CC1(C)c2cc3ccc4ccccc4c3cc2-c2ccc3cc4ccccc4cc3c21.CCC. The molecule has 0 aromatic heterocycles. The summed E-state index contributed by atoms with van der Waals surface area (Å²) in [5.41, 5.74) is 5.64. The van der Waals surface area contributed by atoms with Crippen LogP contribution in [0.25, 0.3) is 54.2 Å². The van der Waals surface area contributed by atoms with Crippen LogP contribution in [0.15, 0.2) is 97.1 Å². The van der Waals surface area contributed by atoms with E-state index in [0.29, 0.717) is 0 Å². The first-order chi connectivity index (χ1) is 18.5. The third-order valence-electron chi connectivity index (χ3n) is 7.36. The van der Waals surface area contributed by atoms with Crippen molar-refractivity contribution in [3.63, 3.8) is 0 Å². The highest BCUT2D eigenvalue weighted by atomic mass is 14.4. The summed E-state index contributed by atoms with van der Waals surface area (Å²) < 4.78 is 0. The molecule has 0 fully saturated rings. The lowest BCUT2D eigenvalue weighted by Crippen LogP contribution is -2.15. The fourth-order valence-corrected chi connectivity index (χ4v) is 5.84. The van der Waals surface area contributed by atoms with Gasteiger partial charge in [0.05, 0.1) is 0 Å². The Hall–Kier alpha value is -3.64. The van der Waals surface area contributed by atoms with Crippen LogP contribution in [-0.2, 0) is 5.41 Å². The zero-order chi connectivity index (χ0) is 27.4. The van der Waals surface area contributed by atoms with Crippen molar-refractivity contribution in [1.29, 1.82) is 0 Å². The predicted octanol–water partition coefficient (Wildman–Crippen LogP) is 12.1. The summed E-state index contributed by atoms with van der Waals surface area (Å²) in [5, 5.41) is 10.6. The van der Waals surface area contributed by atoms with E-state index in [1.165, 1.54) is 71.8 Å². The van der Waals surface area contributed by atoms with E-state index < -0.39 is 0 Å². The van der Waals surface area contributed by atoms with Crippen molar-refractivity contribution in [2.24, 2.45) is 0 Å². The lowest BCUT2D eigenvalue weighted by Gasteiger charge is -2.24. The van der Waals surface area contributed by atoms with Crippen LogP contribution in [0, 0.1) is 0 Å². The second-order valence-corrected chi connectivity index (χ2v) is 10.1. The van der Waals surface area contributed by atoms with E-state index >= 15 is 0 Å². The molecule has 0 spiro atoms. The molecule has 6 aromatic carbocycles. The summed E-state index contributed by atoms with van der Waals surface area (Å²) in [6.45, 7) is 17.0. The topological polar surface area (TPSA) is 0 Å². The highest BCUT2D eigenvalue weighted by Crippen LogP contribution is 2.53. The summed E-state index contributed by atoms with van der Waals surface area (Å²) in [6.07, 6.45) is 1.25. The second-order valence-electron chi connectivity index (χ2n) is 10.1. The van der Waals surface area contributed by atoms with Crippen molar-refractivity contribution in [2.45, 2.75) is 67.2 Å². The Morgan fingerprint density at radius 1 is 0.474 bits per heavy atom. The summed E-state index contributed by atoms with van der Waals surface area (Å²) >= 11 is 0. The maximum absolute atomic E-state index is 2.44. The first-order valence-electron chi connectivity index (χ1n) is 14.4. The van der Waals surface area contributed by atoms with Gasteiger partial charge in [-0.25, -0.2) is 0 Å². The molecule has 0 amide bonds. The van der Waals surface area contributed by atoms with Crippen LogP contribution in [0.4, 0.5) is 0 Å². The van der Waals surface area contributed by atoms with Crippen molar-refractivity contribution >= 4 is 43.1 Å². The number of rotatable bonds is 0. The normalized spacial score (nSPS) is 12.5. The van der Waals surface area contributed by atoms with Gasteiger partial charge in [0.2, 0.25) is 0 Å². The molecule has 0 aliphatic heterocycles. The van der Waals surface area contributed by atoms with E-state index in [1.807, 2.05) is 27.7 Å². The Kier molecular flexibility index (Phi) is 8.22. The molecule has 0 heterocycles. The molecule has 194 valence electrons. The minimum atomic E-state index is -0.0352. The maximum Gasteiger partial charge on any atom is 0.0165 e. The lowest BCUT2D eigenvalue weighted by molar-refractivity contribution is 0.667. The fraction of sp³-hybridized carbons (Fsp3) is 0.263. The van der Waals surface area contributed by atoms with Gasteiger partial charge in [0.15, 0.2) is 0 Å². The first-order valence-corrected chi connectivity index (χ1v) is 14.4. The molecule has 6 aromatic rings. The average Bonchev–Trinajstić information content (AvgIpc) is 3.19. The van der Waals surface area contributed by atoms with Crippen LogP contribution >= 0.6 is 0 Å². The van der Waals surface area contributed by atoms with Crippen molar-refractivity contribution in [2.75, 3.05) is 0 Å². The van der Waals surface area contributed by atoms with Gasteiger partial charge in [-0.05, 0) is 89.6 Å². The highest BCUT2D eigenvalue weighted by molar-refractivity contribution is 6.11. The largest absolute Gasteiger partial charge is 0.0683 e.